The smallest absolute Gasteiger partial charge is 0.168 e. The SMILES string of the molecule is C=CC1(OCCC#CC)CCCC1=O. The maximum atomic E-state index is 11.6. The van der Waals surface area contributed by atoms with Gasteiger partial charge in [0, 0.05) is 12.8 Å². The van der Waals surface area contributed by atoms with Crippen molar-refractivity contribution < 1.29 is 9.53 Å². The average Bonchev–Trinajstić information content (AvgIpc) is 2.56. The summed E-state index contributed by atoms with van der Waals surface area (Å²) < 4.78 is 5.58. The van der Waals surface area contributed by atoms with Crippen LogP contribution in [0.2, 0.25) is 0 Å². The third kappa shape index (κ3) is 2.24. The number of Topliss-reactive ketones (excluding diaryl/α,β-unsaturated/α-hetero) is 1. The fourth-order valence-corrected chi connectivity index (χ4v) is 1.70. The molecule has 76 valence electrons. The first-order valence-corrected chi connectivity index (χ1v) is 4.95. The van der Waals surface area contributed by atoms with Crippen molar-refractivity contribution in [1.82, 2.24) is 0 Å². The molecule has 0 N–H and O–H groups in total. The van der Waals surface area contributed by atoms with Crippen LogP contribution in [-0.2, 0) is 9.53 Å². The summed E-state index contributed by atoms with van der Waals surface area (Å²) in [5.41, 5.74) is -0.699. The molecule has 0 heterocycles. The molecule has 2 heteroatoms. The van der Waals surface area contributed by atoms with E-state index in [9.17, 15) is 4.79 Å². The second kappa shape index (κ2) is 4.97. The molecule has 0 amide bonds. The maximum absolute atomic E-state index is 11.6. The van der Waals surface area contributed by atoms with Crippen molar-refractivity contribution in [3.8, 4) is 11.8 Å². The van der Waals surface area contributed by atoms with Gasteiger partial charge in [-0.25, -0.2) is 0 Å². The highest BCUT2D eigenvalue weighted by Crippen LogP contribution is 2.30. The number of carbonyl (C=O) groups excluding carboxylic acids is 1. The lowest BCUT2D eigenvalue weighted by Crippen LogP contribution is -2.34. The van der Waals surface area contributed by atoms with Crippen LogP contribution in [0.1, 0.15) is 32.6 Å². The first-order chi connectivity index (χ1) is 6.75. The molecule has 14 heavy (non-hydrogen) atoms. The molecule has 0 radical (unpaired) electrons. The molecule has 0 saturated heterocycles. The molecular formula is C12H16O2. The Kier molecular flexibility index (Phi) is 3.91. The van der Waals surface area contributed by atoms with Crippen LogP contribution >= 0.6 is 0 Å². The van der Waals surface area contributed by atoms with Crippen LogP contribution in [0.15, 0.2) is 12.7 Å². The molecule has 0 aromatic rings. The van der Waals surface area contributed by atoms with Gasteiger partial charge in [0.25, 0.3) is 0 Å². The molecule has 2 nitrogen and oxygen atoms in total. The third-order valence-electron chi connectivity index (χ3n) is 2.52. The van der Waals surface area contributed by atoms with Crippen molar-refractivity contribution in [2.24, 2.45) is 0 Å². The van der Waals surface area contributed by atoms with E-state index >= 15 is 0 Å². The van der Waals surface area contributed by atoms with Gasteiger partial charge in [-0.2, -0.15) is 0 Å². The summed E-state index contributed by atoms with van der Waals surface area (Å²) in [5.74, 6) is 5.87. The Bertz CT molecular complexity index is 282. The predicted molar refractivity (Wildman–Crippen MR) is 55.8 cm³/mol. The lowest BCUT2D eigenvalue weighted by molar-refractivity contribution is -0.134. The van der Waals surface area contributed by atoms with Crippen molar-refractivity contribution in [2.75, 3.05) is 6.61 Å². The molecule has 0 spiro atoms. The van der Waals surface area contributed by atoms with Gasteiger partial charge < -0.3 is 4.74 Å². The second-order valence-corrected chi connectivity index (χ2v) is 3.40. The quantitative estimate of drug-likeness (QED) is 0.387. The molecular weight excluding hydrogens is 176 g/mol. The maximum Gasteiger partial charge on any atom is 0.168 e. The summed E-state index contributed by atoms with van der Waals surface area (Å²) in [6.07, 6.45) is 4.62. The van der Waals surface area contributed by atoms with E-state index in [0.717, 1.165) is 12.8 Å². The Hall–Kier alpha value is -1.07. The summed E-state index contributed by atoms with van der Waals surface area (Å²) in [7, 11) is 0. The summed E-state index contributed by atoms with van der Waals surface area (Å²) in [6, 6.07) is 0. The van der Waals surface area contributed by atoms with E-state index in [4.69, 9.17) is 4.74 Å². The molecule has 1 aliphatic rings. The molecule has 1 fully saturated rings. The first-order valence-electron chi connectivity index (χ1n) is 4.95. The minimum Gasteiger partial charge on any atom is -0.362 e. The number of carbonyl (C=O) groups is 1. The normalized spacial score (nSPS) is 25.6. The average molecular weight is 192 g/mol. The van der Waals surface area contributed by atoms with Crippen molar-refractivity contribution >= 4 is 5.78 Å². The van der Waals surface area contributed by atoms with Gasteiger partial charge in [-0.3, -0.25) is 4.79 Å². The van der Waals surface area contributed by atoms with E-state index in [1.54, 1.807) is 13.0 Å². The van der Waals surface area contributed by atoms with E-state index < -0.39 is 5.60 Å². The first kappa shape index (κ1) is 11.0. The lowest BCUT2D eigenvalue weighted by atomic mass is 10.0. The Balaban J connectivity index is 2.48. The van der Waals surface area contributed by atoms with Crippen LogP contribution in [-0.4, -0.2) is 18.0 Å². The Morgan fingerprint density at radius 3 is 3.00 bits per heavy atom. The Morgan fingerprint density at radius 2 is 2.50 bits per heavy atom. The van der Waals surface area contributed by atoms with Gasteiger partial charge in [0.1, 0.15) is 5.60 Å². The van der Waals surface area contributed by atoms with Crippen molar-refractivity contribution in [2.45, 2.75) is 38.2 Å². The molecule has 1 saturated carbocycles. The summed E-state index contributed by atoms with van der Waals surface area (Å²) in [4.78, 5) is 11.6. The molecule has 1 unspecified atom stereocenters. The predicted octanol–water partition coefficient (Wildman–Crippen LogP) is 2.09. The monoisotopic (exact) mass is 192 g/mol. The van der Waals surface area contributed by atoms with Crippen molar-refractivity contribution in [1.29, 1.82) is 0 Å². The van der Waals surface area contributed by atoms with E-state index in [2.05, 4.69) is 18.4 Å². The minimum absolute atomic E-state index is 0.164. The van der Waals surface area contributed by atoms with Gasteiger partial charge in [-0.1, -0.05) is 12.7 Å². The second-order valence-electron chi connectivity index (χ2n) is 3.40. The summed E-state index contributed by atoms with van der Waals surface area (Å²) >= 11 is 0. The zero-order valence-corrected chi connectivity index (χ0v) is 8.64. The Labute approximate surface area is 85.3 Å². The molecule has 0 bridgehead atoms. The number of ketones is 1. The van der Waals surface area contributed by atoms with Crippen LogP contribution in [0.5, 0.6) is 0 Å². The van der Waals surface area contributed by atoms with Gasteiger partial charge in [0.15, 0.2) is 5.78 Å². The Morgan fingerprint density at radius 1 is 1.71 bits per heavy atom. The highest BCUT2D eigenvalue weighted by Gasteiger charge is 2.39. The fourth-order valence-electron chi connectivity index (χ4n) is 1.70. The molecule has 1 aliphatic carbocycles. The molecule has 0 aliphatic heterocycles. The lowest BCUT2D eigenvalue weighted by Gasteiger charge is -2.23. The summed E-state index contributed by atoms with van der Waals surface area (Å²) in [5, 5.41) is 0. The van der Waals surface area contributed by atoms with Crippen LogP contribution in [0.25, 0.3) is 0 Å². The highest BCUT2D eigenvalue weighted by atomic mass is 16.5. The zero-order valence-electron chi connectivity index (χ0n) is 8.64. The molecule has 1 atom stereocenters. The number of hydrogen-bond donors (Lipinski definition) is 0. The fraction of sp³-hybridized carbons (Fsp3) is 0.583. The molecule has 0 aromatic heterocycles. The largest absolute Gasteiger partial charge is 0.362 e. The van der Waals surface area contributed by atoms with Gasteiger partial charge in [0.05, 0.1) is 6.61 Å². The summed E-state index contributed by atoms with van der Waals surface area (Å²) in [6.45, 7) is 5.99. The van der Waals surface area contributed by atoms with E-state index in [-0.39, 0.29) is 5.78 Å². The number of hydrogen-bond acceptors (Lipinski definition) is 2. The van der Waals surface area contributed by atoms with Crippen LogP contribution in [0.3, 0.4) is 0 Å². The van der Waals surface area contributed by atoms with E-state index in [0.29, 0.717) is 19.4 Å². The third-order valence-corrected chi connectivity index (χ3v) is 2.52. The van der Waals surface area contributed by atoms with Crippen molar-refractivity contribution in [3.05, 3.63) is 12.7 Å². The van der Waals surface area contributed by atoms with Crippen LogP contribution in [0, 0.1) is 11.8 Å². The van der Waals surface area contributed by atoms with Gasteiger partial charge in [-0.05, 0) is 19.8 Å². The highest BCUT2D eigenvalue weighted by molar-refractivity contribution is 5.91. The van der Waals surface area contributed by atoms with Gasteiger partial charge in [0.2, 0.25) is 0 Å². The van der Waals surface area contributed by atoms with Crippen LogP contribution in [0.4, 0.5) is 0 Å². The van der Waals surface area contributed by atoms with Crippen molar-refractivity contribution in [3.63, 3.8) is 0 Å². The zero-order chi connectivity index (χ0) is 10.4. The van der Waals surface area contributed by atoms with Gasteiger partial charge >= 0.3 is 0 Å². The van der Waals surface area contributed by atoms with E-state index in [1.807, 2.05) is 0 Å². The molecule has 0 aromatic carbocycles. The van der Waals surface area contributed by atoms with Crippen LogP contribution < -0.4 is 0 Å². The number of rotatable bonds is 4. The molecule has 1 rings (SSSR count). The van der Waals surface area contributed by atoms with E-state index in [1.165, 1.54) is 0 Å². The van der Waals surface area contributed by atoms with Gasteiger partial charge in [-0.15, -0.1) is 11.8 Å². The standard InChI is InChI=1S/C12H16O2/c1-3-5-6-10-14-12(4-2)9-7-8-11(12)13/h4H,2,6-10H2,1H3. The number of ether oxygens (including phenoxy) is 1. The minimum atomic E-state index is -0.699. The topological polar surface area (TPSA) is 26.3 Å².